The highest BCUT2D eigenvalue weighted by molar-refractivity contribution is 6.31. The molecule has 1 aromatic heterocycles. The molecule has 0 unspecified atom stereocenters. The molecule has 0 aliphatic rings. The van der Waals surface area contributed by atoms with E-state index in [1.807, 2.05) is 37.3 Å². The molecule has 0 spiro atoms. The van der Waals surface area contributed by atoms with E-state index in [0.29, 0.717) is 10.9 Å². The minimum Gasteiger partial charge on any atom is -0.483 e. The van der Waals surface area contributed by atoms with Crippen LogP contribution in [0, 0.1) is 0 Å². The van der Waals surface area contributed by atoms with Crippen LogP contribution in [0.25, 0.3) is 11.0 Å². The number of hydrogen-bond donors (Lipinski definition) is 1. The lowest BCUT2D eigenvalue weighted by atomic mass is 10.0. The number of nitrogens with zero attached hydrogens (tertiary/aromatic N) is 1. The van der Waals surface area contributed by atoms with Crippen LogP contribution < -0.4 is 4.74 Å². The van der Waals surface area contributed by atoms with E-state index in [9.17, 15) is 0 Å². The lowest BCUT2D eigenvalue weighted by Crippen LogP contribution is -2.05. The van der Waals surface area contributed by atoms with Gasteiger partial charge in [-0.25, -0.2) is 4.98 Å². The summed E-state index contributed by atoms with van der Waals surface area (Å²) < 4.78 is 5.97. The maximum atomic E-state index is 6.00. The summed E-state index contributed by atoms with van der Waals surface area (Å²) in [5, 5.41) is 0.695. The Morgan fingerprint density at radius 1 is 1.05 bits per heavy atom. The lowest BCUT2D eigenvalue weighted by Gasteiger charge is -2.13. The van der Waals surface area contributed by atoms with Gasteiger partial charge >= 0.3 is 0 Å². The highest BCUT2D eigenvalue weighted by Gasteiger charge is 2.13. The predicted molar refractivity (Wildman–Crippen MR) is 90.7 cm³/mol. The first-order valence-electron chi connectivity index (χ1n) is 7.44. The topological polar surface area (TPSA) is 37.9 Å². The van der Waals surface area contributed by atoms with Gasteiger partial charge in [0.2, 0.25) is 0 Å². The Morgan fingerprint density at radius 3 is 2.45 bits per heavy atom. The molecule has 2 aromatic carbocycles. The maximum absolute atomic E-state index is 6.00. The third-order valence-electron chi connectivity index (χ3n) is 3.71. The maximum Gasteiger partial charge on any atom is 0.153 e. The molecule has 3 aromatic rings. The number of ether oxygens (including phenoxy) is 1. The van der Waals surface area contributed by atoms with E-state index in [1.165, 1.54) is 5.56 Å². The molecule has 3 rings (SSSR count). The number of fused-ring (bicyclic) bond motifs is 1. The second-order valence-corrected chi connectivity index (χ2v) is 6.20. The lowest BCUT2D eigenvalue weighted by molar-refractivity contribution is 0.218. The molecule has 4 heteroatoms. The van der Waals surface area contributed by atoms with Crippen LogP contribution >= 0.6 is 11.6 Å². The van der Waals surface area contributed by atoms with E-state index in [4.69, 9.17) is 16.3 Å². The molecule has 22 heavy (non-hydrogen) atoms. The molecule has 0 aliphatic carbocycles. The second kappa shape index (κ2) is 6.01. The molecule has 0 saturated heterocycles. The third kappa shape index (κ3) is 3.09. The molecule has 0 saturated carbocycles. The van der Waals surface area contributed by atoms with Gasteiger partial charge in [0.05, 0.1) is 11.0 Å². The van der Waals surface area contributed by atoms with Gasteiger partial charge in [-0.1, -0.05) is 37.6 Å². The van der Waals surface area contributed by atoms with Crippen LogP contribution in [0.5, 0.6) is 5.75 Å². The molecule has 3 nitrogen and oxygen atoms in total. The fourth-order valence-corrected chi connectivity index (χ4v) is 2.56. The summed E-state index contributed by atoms with van der Waals surface area (Å²) in [4.78, 5) is 7.82. The zero-order valence-corrected chi connectivity index (χ0v) is 13.7. The van der Waals surface area contributed by atoms with Gasteiger partial charge in [-0.3, -0.25) is 0 Å². The molecule has 0 amide bonds. The van der Waals surface area contributed by atoms with Crippen LogP contribution in [-0.4, -0.2) is 9.97 Å². The van der Waals surface area contributed by atoms with E-state index < -0.39 is 0 Å². The van der Waals surface area contributed by atoms with Gasteiger partial charge in [-0.05, 0) is 48.7 Å². The van der Waals surface area contributed by atoms with Gasteiger partial charge in [0.25, 0.3) is 0 Å². The number of nitrogens with one attached hydrogen (secondary N) is 1. The number of hydrogen-bond acceptors (Lipinski definition) is 2. The molecule has 1 heterocycles. The Morgan fingerprint density at radius 2 is 1.77 bits per heavy atom. The average molecular weight is 315 g/mol. The summed E-state index contributed by atoms with van der Waals surface area (Å²) in [6, 6.07) is 13.8. The Kier molecular flexibility index (Phi) is 4.08. The van der Waals surface area contributed by atoms with E-state index in [0.717, 1.165) is 22.6 Å². The van der Waals surface area contributed by atoms with Crippen molar-refractivity contribution in [2.24, 2.45) is 0 Å². The summed E-state index contributed by atoms with van der Waals surface area (Å²) in [6.45, 7) is 6.34. The van der Waals surface area contributed by atoms with Crippen LogP contribution in [0.3, 0.4) is 0 Å². The first-order valence-corrected chi connectivity index (χ1v) is 7.82. The van der Waals surface area contributed by atoms with E-state index >= 15 is 0 Å². The summed E-state index contributed by atoms with van der Waals surface area (Å²) in [6.07, 6.45) is -0.156. The number of halogens is 1. The van der Waals surface area contributed by atoms with Crippen LogP contribution in [0.4, 0.5) is 0 Å². The first-order chi connectivity index (χ1) is 10.5. The first kappa shape index (κ1) is 14.9. The van der Waals surface area contributed by atoms with Gasteiger partial charge in [-0.2, -0.15) is 0 Å². The summed E-state index contributed by atoms with van der Waals surface area (Å²) in [5.41, 5.74) is 3.12. The number of rotatable bonds is 4. The summed E-state index contributed by atoms with van der Waals surface area (Å²) in [7, 11) is 0. The van der Waals surface area contributed by atoms with Crippen molar-refractivity contribution in [3.8, 4) is 5.75 Å². The number of aromatic nitrogens is 2. The number of aromatic amines is 1. The smallest absolute Gasteiger partial charge is 0.153 e. The minimum absolute atomic E-state index is 0.156. The molecule has 0 bridgehead atoms. The highest BCUT2D eigenvalue weighted by atomic mass is 35.5. The predicted octanol–water partition coefficient (Wildman–Crippen LogP) is 5.48. The quantitative estimate of drug-likeness (QED) is 0.692. The third-order valence-corrected chi connectivity index (χ3v) is 3.94. The summed E-state index contributed by atoms with van der Waals surface area (Å²) >= 11 is 6.00. The molecule has 0 radical (unpaired) electrons. The SMILES string of the molecule is CC(C)c1ccc(O[C@@H](C)c2nc3ccc(Cl)cc3[nH]2)cc1. The Labute approximate surface area is 135 Å². The van der Waals surface area contributed by atoms with Crippen molar-refractivity contribution in [3.63, 3.8) is 0 Å². The molecular formula is C18H19ClN2O. The summed E-state index contributed by atoms with van der Waals surface area (Å²) in [5.74, 6) is 2.16. The average Bonchev–Trinajstić information content (AvgIpc) is 2.91. The van der Waals surface area contributed by atoms with Gasteiger partial charge < -0.3 is 9.72 Å². The van der Waals surface area contributed by atoms with Gasteiger partial charge in [0, 0.05) is 5.02 Å². The Hall–Kier alpha value is -2.00. The van der Waals surface area contributed by atoms with Gasteiger partial charge in [0.1, 0.15) is 11.6 Å². The molecule has 1 N–H and O–H groups in total. The van der Waals surface area contributed by atoms with Gasteiger partial charge in [-0.15, -0.1) is 0 Å². The highest BCUT2D eigenvalue weighted by Crippen LogP contribution is 2.25. The van der Waals surface area contributed by atoms with Crippen LogP contribution in [-0.2, 0) is 0 Å². The van der Waals surface area contributed by atoms with E-state index in [-0.39, 0.29) is 6.10 Å². The largest absolute Gasteiger partial charge is 0.483 e. The fraction of sp³-hybridized carbons (Fsp3) is 0.278. The minimum atomic E-state index is -0.156. The molecule has 114 valence electrons. The molecule has 0 fully saturated rings. The van der Waals surface area contributed by atoms with Crippen molar-refractivity contribution in [1.82, 2.24) is 9.97 Å². The molecular weight excluding hydrogens is 296 g/mol. The molecule has 1 atom stereocenters. The molecule has 0 aliphatic heterocycles. The van der Waals surface area contributed by atoms with Crippen LogP contribution in [0.15, 0.2) is 42.5 Å². The zero-order valence-electron chi connectivity index (χ0n) is 12.9. The number of imidazole rings is 1. The zero-order chi connectivity index (χ0) is 15.7. The monoisotopic (exact) mass is 314 g/mol. The van der Waals surface area contributed by atoms with Crippen molar-refractivity contribution in [2.45, 2.75) is 32.8 Å². The Balaban J connectivity index is 1.78. The number of H-pyrrole nitrogens is 1. The van der Waals surface area contributed by atoms with E-state index in [1.54, 1.807) is 0 Å². The normalized spacial score (nSPS) is 12.8. The van der Waals surface area contributed by atoms with Crippen LogP contribution in [0.1, 0.15) is 44.2 Å². The fourth-order valence-electron chi connectivity index (χ4n) is 2.39. The van der Waals surface area contributed by atoms with Crippen molar-refractivity contribution in [3.05, 3.63) is 58.9 Å². The second-order valence-electron chi connectivity index (χ2n) is 5.77. The van der Waals surface area contributed by atoms with Gasteiger partial charge in [0.15, 0.2) is 6.10 Å². The van der Waals surface area contributed by atoms with Crippen molar-refractivity contribution < 1.29 is 4.74 Å². The van der Waals surface area contributed by atoms with Crippen LogP contribution in [0.2, 0.25) is 5.02 Å². The standard InChI is InChI=1S/C18H19ClN2O/c1-11(2)13-4-7-15(8-5-13)22-12(3)18-20-16-9-6-14(19)10-17(16)21-18/h4-12H,1-3H3,(H,20,21)/t12-/m0/s1. The Bertz CT molecular complexity index is 777. The van der Waals surface area contributed by atoms with Crippen molar-refractivity contribution in [2.75, 3.05) is 0 Å². The van der Waals surface area contributed by atoms with Crippen molar-refractivity contribution >= 4 is 22.6 Å². The van der Waals surface area contributed by atoms with E-state index in [2.05, 4.69) is 35.9 Å². The van der Waals surface area contributed by atoms with Crippen molar-refractivity contribution in [1.29, 1.82) is 0 Å². The number of benzene rings is 2.